The highest BCUT2D eigenvalue weighted by atomic mass is 16.7. The first kappa shape index (κ1) is 31.1. The van der Waals surface area contributed by atoms with Crippen molar-refractivity contribution >= 4 is 18.0 Å². The predicted octanol–water partition coefficient (Wildman–Crippen LogP) is 4.31. The SMILES string of the molecule is CCCCCCC(=O)O[C@@H]1[C@@H](O)[C@H](C)O[C@@H](O)[C@@H]1OC(=O)/C(=C/c1ccc(O)c(OC)c1)CCc1ccccc1. The minimum Gasteiger partial charge on any atom is -0.504 e. The van der Waals surface area contributed by atoms with E-state index in [0.717, 1.165) is 24.8 Å². The number of rotatable bonds is 13. The summed E-state index contributed by atoms with van der Waals surface area (Å²) in [5.74, 6) is -1.11. The molecular weight excluding hydrogens is 516 g/mol. The van der Waals surface area contributed by atoms with Gasteiger partial charge < -0.3 is 34.3 Å². The van der Waals surface area contributed by atoms with E-state index in [9.17, 15) is 24.9 Å². The number of esters is 2. The van der Waals surface area contributed by atoms with Crippen molar-refractivity contribution in [3.63, 3.8) is 0 Å². The van der Waals surface area contributed by atoms with Gasteiger partial charge in [0.25, 0.3) is 0 Å². The van der Waals surface area contributed by atoms with Crippen molar-refractivity contribution in [3.8, 4) is 11.5 Å². The van der Waals surface area contributed by atoms with E-state index in [1.165, 1.54) is 20.1 Å². The first-order valence-corrected chi connectivity index (χ1v) is 13.8. The summed E-state index contributed by atoms with van der Waals surface area (Å²) in [6, 6.07) is 14.3. The smallest absolute Gasteiger partial charge is 0.334 e. The second kappa shape index (κ2) is 15.4. The Hall–Kier alpha value is -3.40. The standard InChI is InChI=1S/C31H40O9/c1-4-5-6-10-13-26(33)39-28-27(34)20(2)38-31(36)29(28)40-30(35)23(16-14-21-11-8-7-9-12-21)18-22-15-17-24(32)25(19-22)37-3/h7-9,11-12,15,17-20,27-29,31-32,34,36H,4-6,10,13-14,16H2,1-3H3/b23-18+/t20-,27-,28+,29+,31+/m0/s1. The van der Waals surface area contributed by atoms with E-state index < -0.39 is 42.6 Å². The first-order valence-electron chi connectivity index (χ1n) is 13.8. The van der Waals surface area contributed by atoms with Gasteiger partial charge in [-0.3, -0.25) is 4.79 Å². The van der Waals surface area contributed by atoms with Gasteiger partial charge in [0.15, 0.2) is 30.0 Å². The molecule has 0 unspecified atom stereocenters. The number of phenolic OH excluding ortho intramolecular Hbond substituents is 1. The number of carbonyl (C=O) groups is 2. The lowest BCUT2D eigenvalue weighted by atomic mass is 9.98. The Morgan fingerprint density at radius 1 is 0.975 bits per heavy atom. The van der Waals surface area contributed by atoms with E-state index in [-0.39, 0.29) is 29.9 Å². The molecule has 0 bridgehead atoms. The highest BCUT2D eigenvalue weighted by Crippen LogP contribution is 2.30. The number of methoxy groups -OCH3 is 1. The Kier molecular flexibility index (Phi) is 12.0. The van der Waals surface area contributed by atoms with Crippen LogP contribution in [0, 0.1) is 0 Å². The molecule has 1 saturated heterocycles. The van der Waals surface area contributed by atoms with Gasteiger partial charge in [-0.1, -0.05) is 62.6 Å². The third-order valence-corrected chi connectivity index (χ3v) is 6.85. The molecule has 1 heterocycles. The number of ether oxygens (including phenoxy) is 4. The topological polar surface area (TPSA) is 132 Å². The Morgan fingerprint density at radius 3 is 2.42 bits per heavy atom. The van der Waals surface area contributed by atoms with Gasteiger partial charge in [0, 0.05) is 12.0 Å². The van der Waals surface area contributed by atoms with Gasteiger partial charge in [0.1, 0.15) is 6.10 Å². The van der Waals surface area contributed by atoms with Gasteiger partial charge in [-0.2, -0.15) is 0 Å². The van der Waals surface area contributed by atoms with Gasteiger partial charge in [-0.25, -0.2) is 4.79 Å². The molecule has 0 aromatic heterocycles. The number of hydrogen-bond donors (Lipinski definition) is 3. The monoisotopic (exact) mass is 556 g/mol. The van der Waals surface area contributed by atoms with E-state index in [2.05, 4.69) is 6.92 Å². The number of hydrogen-bond acceptors (Lipinski definition) is 9. The number of carbonyl (C=O) groups excluding carboxylic acids is 2. The van der Waals surface area contributed by atoms with Crippen LogP contribution in [0.2, 0.25) is 0 Å². The van der Waals surface area contributed by atoms with Crippen molar-refractivity contribution in [1.82, 2.24) is 0 Å². The average Bonchev–Trinajstić information content (AvgIpc) is 2.95. The van der Waals surface area contributed by atoms with Crippen molar-refractivity contribution in [3.05, 3.63) is 65.2 Å². The third kappa shape index (κ3) is 8.81. The van der Waals surface area contributed by atoms with Crippen LogP contribution in [-0.4, -0.2) is 65.1 Å². The van der Waals surface area contributed by atoms with Crippen LogP contribution in [0.25, 0.3) is 6.08 Å². The summed E-state index contributed by atoms with van der Waals surface area (Å²) >= 11 is 0. The molecule has 9 nitrogen and oxygen atoms in total. The Bertz CT molecular complexity index is 1130. The number of benzene rings is 2. The molecule has 0 aliphatic carbocycles. The molecule has 1 aliphatic rings. The first-order chi connectivity index (χ1) is 19.2. The van der Waals surface area contributed by atoms with E-state index in [0.29, 0.717) is 18.4 Å². The van der Waals surface area contributed by atoms with E-state index in [4.69, 9.17) is 18.9 Å². The minimum absolute atomic E-state index is 0.0435. The van der Waals surface area contributed by atoms with Crippen molar-refractivity contribution in [2.75, 3.05) is 7.11 Å². The quantitative estimate of drug-likeness (QED) is 0.188. The van der Waals surface area contributed by atoms with E-state index in [1.807, 2.05) is 30.3 Å². The number of unbranched alkanes of at least 4 members (excludes halogenated alkanes) is 3. The van der Waals surface area contributed by atoms with Gasteiger partial charge in [0.2, 0.25) is 0 Å². The zero-order valence-corrected chi connectivity index (χ0v) is 23.3. The molecule has 0 spiro atoms. The molecule has 9 heteroatoms. The van der Waals surface area contributed by atoms with Crippen LogP contribution in [0.1, 0.15) is 63.5 Å². The fourth-order valence-electron chi connectivity index (χ4n) is 4.51. The molecule has 5 atom stereocenters. The maximum Gasteiger partial charge on any atom is 0.334 e. The Morgan fingerprint density at radius 2 is 1.73 bits per heavy atom. The molecule has 3 N–H and O–H groups in total. The molecule has 40 heavy (non-hydrogen) atoms. The van der Waals surface area contributed by atoms with Crippen LogP contribution in [0.15, 0.2) is 54.1 Å². The summed E-state index contributed by atoms with van der Waals surface area (Å²) in [7, 11) is 1.43. The van der Waals surface area contributed by atoms with Gasteiger partial charge >= 0.3 is 11.9 Å². The van der Waals surface area contributed by atoms with Crippen LogP contribution in [-0.2, 0) is 30.2 Å². The lowest BCUT2D eigenvalue weighted by Crippen LogP contribution is -2.59. The molecule has 0 saturated carbocycles. The maximum atomic E-state index is 13.5. The third-order valence-electron chi connectivity index (χ3n) is 6.85. The molecule has 0 radical (unpaired) electrons. The number of aliphatic hydroxyl groups is 2. The molecule has 2 aromatic rings. The van der Waals surface area contributed by atoms with Crippen molar-refractivity contribution in [2.45, 2.75) is 89.5 Å². The summed E-state index contributed by atoms with van der Waals surface area (Å²) < 4.78 is 21.8. The molecule has 1 fully saturated rings. The minimum atomic E-state index is -1.61. The van der Waals surface area contributed by atoms with Gasteiger partial charge in [-0.15, -0.1) is 0 Å². The zero-order chi connectivity index (χ0) is 29.1. The molecule has 218 valence electrons. The molecule has 2 aromatic carbocycles. The summed E-state index contributed by atoms with van der Waals surface area (Å²) in [5.41, 5.74) is 1.85. The second-order valence-electron chi connectivity index (χ2n) is 9.94. The van der Waals surface area contributed by atoms with E-state index >= 15 is 0 Å². The van der Waals surface area contributed by atoms with Crippen molar-refractivity contribution < 1.29 is 43.9 Å². The fourth-order valence-corrected chi connectivity index (χ4v) is 4.51. The largest absolute Gasteiger partial charge is 0.504 e. The lowest BCUT2D eigenvalue weighted by Gasteiger charge is -2.40. The Balaban J connectivity index is 1.83. The van der Waals surface area contributed by atoms with Crippen LogP contribution >= 0.6 is 0 Å². The van der Waals surface area contributed by atoms with Gasteiger partial charge in [-0.05, 0) is 55.5 Å². The average molecular weight is 557 g/mol. The number of aromatic hydroxyl groups is 1. The lowest BCUT2D eigenvalue weighted by molar-refractivity contribution is -0.285. The second-order valence-corrected chi connectivity index (χ2v) is 9.94. The van der Waals surface area contributed by atoms with Crippen LogP contribution in [0.5, 0.6) is 11.5 Å². The molecule has 3 rings (SSSR count). The fraction of sp³-hybridized carbons (Fsp3) is 0.484. The molecule has 0 amide bonds. The van der Waals surface area contributed by atoms with Crippen molar-refractivity contribution in [1.29, 1.82) is 0 Å². The Labute approximate surface area is 235 Å². The zero-order valence-electron chi connectivity index (χ0n) is 23.3. The summed E-state index contributed by atoms with van der Waals surface area (Å²) in [5, 5.41) is 31.4. The van der Waals surface area contributed by atoms with Crippen LogP contribution in [0.3, 0.4) is 0 Å². The maximum absolute atomic E-state index is 13.5. The summed E-state index contributed by atoms with van der Waals surface area (Å²) in [6.45, 7) is 3.61. The summed E-state index contributed by atoms with van der Waals surface area (Å²) in [6.07, 6.45) is -0.402. The van der Waals surface area contributed by atoms with Crippen molar-refractivity contribution in [2.24, 2.45) is 0 Å². The van der Waals surface area contributed by atoms with E-state index in [1.54, 1.807) is 18.2 Å². The molecular formula is C31H40O9. The number of aryl methyl sites for hydroxylation is 1. The predicted molar refractivity (Wildman–Crippen MR) is 148 cm³/mol. The van der Waals surface area contributed by atoms with Gasteiger partial charge in [0.05, 0.1) is 13.2 Å². The normalized spacial score (nSPS) is 22.9. The highest BCUT2D eigenvalue weighted by molar-refractivity contribution is 5.94. The number of phenols is 1. The van der Waals surface area contributed by atoms with Crippen LogP contribution in [0.4, 0.5) is 0 Å². The van der Waals surface area contributed by atoms with Crippen LogP contribution < -0.4 is 4.74 Å². The highest BCUT2D eigenvalue weighted by Gasteiger charge is 2.48. The number of aliphatic hydroxyl groups excluding tert-OH is 2. The molecule has 1 aliphatic heterocycles. The summed E-state index contributed by atoms with van der Waals surface area (Å²) in [4.78, 5) is 26.1.